The highest BCUT2D eigenvalue weighted by molar-refractivity contribution is 7.92. The van der Waals surface area contributed by atoms with Gasteiger partial charge >= 0.3 is 0 Å². The molecule has 30 heavy (non-hydrogen) atoms. The number of aryl methyl sites for hydroxylation is 2. The van der Waals surface area contributed by atoms with Crippen molar-refractivity contribution in [3.05, 3.63) is 59.8 Å². The Morgan fingerprint density at radius 3 is 2.27 bits per heavy atom. The molecule has 0 spiro atoms. The van der Waals surface area contributed by atoms with Gasteiger partial charge in [0.25, 0.3) is 10.0 Å². The highest BCUT2D eigenvalue weighted by Crippen LogP contribution is 2.27. The van der Waals surface area contributed by atoms with Crippen LogP contribution < -0.4 is 19.7 Å². The Hall–Kier alpha value is -3.33. The van der Waals surface area contributed by atoms with Crippen molar-refractivity contribution in [2.24, 2.45) is 0 Å². The number of nitrogens with one attached hydrogen (secondary N) is 2. The van der Waals surface area contributed by atoms with Crippen molar-refractivity contribution in [1.29, 1.82) is 0 Å². The van der Waals surface area contributed by atoms with Crippen molar-refractivity contribution in [3.63, 3.8) is 0 Å². The summed E-state index contributed by atoms with van der Waals surface area (Å²) in [5, 5.41) is 11.2. The lowest BCUT2D eigenvalue weighted by Crippen LogP contribution is -2.14. The van der Waals surface area contributed by atoms with Gasteiger partial charge in [0.1, 0.15) is 5.75 Å². The van der Waals surface area contributed by atoms with Gasteiger partial charge in [-0.25, -0.2) is 8.42 Å². The van der Waals surface area contributed by atoms with Crippen LogP contribution in [0.1, 0.15) is 11.1 Å². The van der Waals surface area contributed by atoms with Crippen LogP contribution in [-0.4, -0.2) is 39.8 Å². The largest absolute Gasteiger partial charge is 0.496 e. The monoisotopic (exact) mass is 427 g/mol. The molecule has 0 radical (unpaired) electrons. The van der Waals surface area contributed by atoms with Crippen LogP contribution in [0.5, 0.6) is 5.75 Å². The lowest BCUT2D eigenvalue weighted by Gasteiger charge is -2.14. The minimum atomic E-state index is -3.73. The Bertz CT molecular complexity index is 1150. The van der Waals surface area contributed by atoms with Crippen LogP contribution in [0.3, 0.4) is 0 Å². The van der Waals surface area contributed by atoms with Crippen LogP contribution in [0.4, 0.5) is 22.9 Å². The van der Waals surface area contributed by atoms with E-state index in [1.165, 1.54) is 0 Å². The number of rotatable bonds is 7. The second-order valence-electron chi connectivity index (χ2n) is 7.09. The van der Waals surface area contributed by atoms with Crippen molar-refractivity contribution in [2.45, 2.75) is 18.7 Å². The lowest BCUT2D eigenvalue weighted by molar-refractivity contribution is 0.411. The first kappa shape index (κ1) is 21.4. The summed E-state index contributed by atoms with van der Waals surface area (Å²) in [6.45, 7) is 3.55. The summed E-state index contributed by atoms with van der Waals surface area (Å²) < 4.78 is 33.6. The number of anilines is 4. The van der Waals surface area contributed by atoms with E-state index in [0.29, 0.717) is 22.8 Å². The molecular weight excluding hydrogens is 402 g/mol. The summed E-state index contributed by atoms with van der Waals surface area (Å²) in [5.74, 6) is 1.25. The summed E-state index contributed by atoms with van der Waals surface area (Å²) in [4.78, 5) is 2.15. The predicted molar refractivity (Wildman–Crippen MR) is 119 cm³/mol. The quantitative estimate of drug-likeness (QED) is 0.593. The molecule has 8 nitrogen and oxygen atoms in total. The topological polar surface area (TPSA) is 96.5 Å². The van der Waals surface area contributed by atoms with Gasteiger partial charge < -0.3 is 15.0 Å². The average molecular weight is 428 g/mol. The van der Waals surface area contributed by atoms with Crippen LogP contribution in [-0.2, 0) is 10.0 Å². The number of aromatic nitrogens is 2. The number of methoxy groups -OCH3 is 1. The summed E-state index contributed by atoms with van der Waals surface area (Å²) >= 11 is 0. The minimum Gasteiger partial charge on any atom is -0.496 e. The molecule has 3 aromatic rings. The molecule has 0 amide bonds. The molecule has 9 heteroatoms. The zero-order chi connectivity index (χ0) is 21.9. The first-order valence-electron chi connectivity index (χ1n) is 9.25. The van der Waals surface area contributed by atoms with Gasteiger partial charge in [0.2, 0.25) is 0 Å². The fraction of sp³-hybridized carbons (Fsp3) is 0.238. The normalized spacial score (nSPS) is 11.1. The molecular formula is C21H25N5O3S. The molecule has 0 aliphatic heterocycles. The fourth-order valence-corrected chi connectivity index (χ4v) is 4.29. The maximum Gasteiger partial charge on any atom is 0.262 e. The van der Waals surface area contributed by atoms with Crippen molar-refractivity contribution in [2.75, 3.05) is 36.1 Å². The van der Waals surface area contributed by atoms with E-state index in [0.717, 1.165) is 16.9 Å². The van der Waals surface area contributed by atoms with Gasteiger partial charge in [-0.05, 0) is 61.4 Å². The number of sulfonamides is 1. The van der Waals surface area contributed by atoms with E-state index in [-0.39, 0.29) is 4.90 Å². The fourth-order valence-electron chi connectivity index (χ4n) is 2.91. The third kappa shape index (κ3) is 4.80. The van der Waals surface area contributed by atoms with E-state index < -0.39 is 10.0 Å². The van der Waals surface area contributed by atoms with Crippen molar-refractivity contribution in [1.82, 2.24) is 10.2 Å². The first-order valence-corrected chi connectivity index (χ1v) is 10.7. The van der Waals surface area contributed by atoms with Gasteiger partial charge in [0, 0.05) is 31.5 Å². The Balaban J connectivity index is 1.77. The molecule has 0 saturated heterocycles. The third-order valence-corrected chi connectivity index (χ3v) is 6.07. The standard InChI is InChI=1S/C21H25N5O3S/c1-14-11-20(15(2)10-19(14)29-5)30(27,28)25-17-8-6-16(7-9-17)23-21-12-18(26(3)4)13-22-24-21/h6-13,25H,1-5H3,(H,23,24). The summed E-state index contributed by atoms with van der Waals surface area (Å²) in [6.07, 6.45) is 1.67. The third-order valence-electron chi connectivity index (χ3n) is 4.55. The second-order valence-corrected chi connectivity index (χ2v) is 8.74. The van der Waals surface area contributed by atoms with Gasteiger partial charge in [-0.2, -0.15) is 5.10 Å². The Morgan fingerprint density at radius 1 is 0.967 bits per heavy atom. The van der Waals surface area contributed by atoms with Crippen molar-refractivity contribution < 1.29 is 13.2 Å². The SMILES string of the molecule is COc1cc(C)c(S(=O)(=O)Nc2ccc(Nc3cc(N(C)C)cnn3)cc2)cc1C. The summed E-state index contributed by atoms with van der Waals surface area (Å²) in [5.41, 5.74) is 3.51. The molecule has 3 rings (SSSR count). The van der Waals surface area contributed by atoms with Crippen molar-refractivity contribution in [3.8, 4) is 5.75 Å². The van der Waals surface area contributed by atoms with Crippen LogP contribution in [0.25, 0.3) is 0 Å². The highest BCUT2D eigenvalue weighted by Gasteiger charge is 2.19. The van der Waals surface area contributed by atoms with Crippen LogP contribution in [0.15, 0.2) is 53.6 Å². The van der Waals surface area contributed by atoms with Gasteiger partial charge in [0.05, 0.1) is 23.9 Å². The molecule has 2 aromatic carbocycles. The zero-order valence-electron chi connectivity index (χ0n) is 17.6. The molecule has 2 N–H and O–H groups in total. The molecule has 1 heterocycles. The lowest BCUT2D eigenvalue weighted by atomic mass is 10.1. The maximum absolute atomic E-state index is 12.9. The molecule has 1 aromatic heterocycles. The predicted octanol–water partition coefficient (Wildman–Crippen LogP) is 3.71. The number of hydrogen-bond acceptors (Lipinski definition) is 7. The first-order chi connectivity index (χ1) is 14.2. The Kier molecular flexibility index (Phi) is 6.12. The molecule has 0 fully saturated rings. The van der Waals surface area contributed by atoms with Crippen molar-refractivity contribution >= 4 is 32.9 Å². The number of benzene rings is 2. The Morgan fingerprint density at radius 2 is 1.63 bits per heavy atom. The zero-order valence-corrected chi connectivity index (χ0v) is 18.4. The van der Waals surface area contributed by atoms with E-state index in [9.17, 15) is 8.42 Å². The highest BCUT2D eigenvalue weighted by atomic mass is 32.2. The number of hydrogen-bond donors (Lipinski definition) is 2. The molecule has 0 saturated carbocycles. The molecule has 158 valence electrons. The smallest absolute Gasteiger partial charge is 0.262 e. The molecule has 0 unspecified atom stereocenters. The van der Waals surface area contributed by atoms with E-state index in [4.69, 9.17) is 4.74 Å². The van der Waals surface area contributed by atoms with Crippen LogP contribution in [0, 0.1) is 13.8 Å². The summed E-state index contributed by atoms with van der Waals surface area (Å²) in [7, 11) is 1.68. The van der Waals surface area contributed by atoms with Gasteiger partial charge in [0.15, 0.2) is 5.82 Å². The molecule has 0 aliphatic rings. The summed E-state index contributed by atoms with van der Waals surface area (Å²) in [6, 6.07) is 12.1. The van der Waals surface area contributed by atoms with E-state index in [1.807, 2.05) is 32.0 Å². The van der Waals surface area contributed by atoms with Crippen LogP contribution in [0.2, 0.25) is 0 Å². The number of nitrogens with zero attached hydrogens (tertiary/aromatic N) is 3. The minimum absolute atomic E-state index is 0.221. The second kappa shape index (κ2) is 8.58. The van der Waals surface area contributed by atoms with Gasteiger partial charge in [-0.1, -0.05) is 0 Å². The van der Waals surface area contributed by atoms with Crippen LogP contribution >= 0.6 is 0 Å². The van der Waals surface area contributed by atoms with Gasteiger partial charge in [-0.15, -0.1) is 5.10 Å². The van der Waals surface area contributed by atoms with E-state index >= 15 is 0 Å². The number of ether oxygens (including phenoxy) is 1. The Labute approximate surface area is 177 Å². The molecule has 0 aliphatic carbocycles. The molecule has 0 bridgehead atoms. The maximum atomic E-state index is 12.9. The van der Waals surface area contributed by atoms with Gasteiger partial charge in [-0.3, -0.25) is 4.72 Å². The average Bonchev–Trinajstić information content (AvgIpc) is 2.70. The van der Waals surface area contributed by atoms with E-state index in [2.05, 4.69) is 20.2 Å². The van der Waals surface area contributed by atoms with E-state index in [1.54, 1.807) is 56.6 Å². The molecule has 0 atom stereocenters.